The van der Waals surface area contributed by atoms with Crippen LogP contribution < -0.4 is 5.32 Å². The Morgan fingerprint density at radius 1 is 1.28 bits per heavy atom. The average molecular weight is 517 g/mol. The summed E-state index contributed by atoms with van der Waals surface area (Å²) in [5.41, 5.74) is 3.84. The Morgan fingerprint density at radius 2 is 2.14 bits per heavy atom. The number of aliphatic imine (C=N–C) groups is 1. The van der Waals surface area contributed by atoms with Crippen LogP contribution in [0, 0.1) is 13.8 Å². The number of aryl methyl sites for hydroxylation is 2. The van der Waals surface area contributed by atoms with E-state index in [9.17, 15) is 0 Å². The second-order valence-corrected chi connectivity index (χ2v) is 7.61. The fraction of sp³-hybridized carbons (Fsp3) is 0.682. The number of benzene rings is 1. The minimum absolute atomic E-state index is 0. The predicted molar refractivity (Wildman–Crippen MR) is 127 cm³/mol. The summed E-state index contributed by atoms with van der Waals surface area (Å²) in [6, 6.07) is 6.58. The maximum Gasteiger partial charge on any atom is 0.194 e. The van der Waals surface area contributed by atoms with Crippen molar-refractivity contribution in [2.24, 2.45) is 4.99 Å². The van der Waals surface area contributed by atoms with E-state index < -0.39 is 0 Å². The molecule has 2 heterocycles. The van der Waals surface area contributed by atoms with Gasteiger partial charge in [0.15, 0.2) is 5.96 Å². The Hall–Kier alpha value is -0.900. The first-order valence-electron chi connectivity index (χ1n) is 10.6. The Bertz CT molecular complexity index is 650. The van der Waals surface area contributed by atoms with Gasteiger partial charge in [0.2, 0.25) is 0 Å². The Morgan fingerprint density at radius 3 is 2.86 bits per heavy atom. The molecular formula is C22H36IN3O3. The molecule has 2 fully saturated rings. The van der Waals surface area contributed by atoms with Crippen LogP contribution in [0.1, 0.15) is 42.6 Å². The molecule has 0 saturated carbocycles. The first-order valence-corrected chi connectivity index (χ1v) is 10.6. The number of hydrogen-bond acceptors (Lipinski definition) is 4. The number of halogens is 1. The lowest BCUT2D eigenvalue weighted by atomic mass is 10.00. The molecule has 0 radical (unpaired) electrons. The molecule has 3 rings (SSSR count). The summed E-state index contributed by atoms with van der Waals surface area (Å²) in [6.07, 6.45) is 2.61. The van der Waals surface area contributed by atoms with Crippen LogP contribution in [0.15, 0.2) is 23.2 Å². The second-order valence-electron chi connectivity index (χ2n) is 7.61. The molecule has 2 aliphatic heterocycles. The molecule has 29 heavy (non-hydrogen) atoms. The summed E-state index contributed by atoms with van der Waals surface area (Å²) < 4.78 is 17.4. The number of ether oxygens (including phenoxy) is 3. The first-order chi connectivity index (χ1) is 13.7. The molecule has 1 aromatic carbocycles. The van der Waals surface area contributed by atoms with Crippen molar-refractivity contribution >= 4 is 29.9 Å². The van der Waals surface area contributed by atoms with E-state index in [1.807, 2.05) is 0 Å². The summed E-state index contributed by atoms with van der Waals surface area (Å²) in [7, 11) is 0. The Labute approximate surface area is 192 Å². The zero-order chi connectivity index (χ0) is 19.8. The van der Waals surface area contributed by atoms with E-state index in [1.165, 1.54) is 16.7 Å². The minimum atomic E-state index is 0. The molecule has 164 valence electrons. The van der Waals surface area contributed by atoms with Crippen LogP contribution in [0.3, 0.4) is 0 Å². The highest BCUT2D eigenvalue weighted by Crippen LogP contribution is 2.25. The SMILES string of the molecule is CCNC(=NCCOCC1CCCO1)N1CCOC(c2ccc(C)cc2C)C1.I. The van der Waals surface area contributed by atoms with E-state index in [0.717, 1.165) is 45.0 Å². The fourth-order valence-corrected chi connectivity index (χ4v) is 3.85. The normalized spacial score (nSPS) is 22.4. The summed E-state index contributed by atoms with van der Waals surface area (Å²) in [5.74, 6) is 0.946. The van der Waals surface area contributed by atoms with Gasteiger partial charge in [-0.2, -0.15) is 0 Å². The number of morpholine rings is 1. The molecule has 2 atom stereocenters. The van der Waals surface area contributed by atoms with Gasteiger partial charge in [-0.05, 0) is 44.7 Å². The molecule has 1 N–H and O–H groups in total. The zero-order valence-corrected chi connectivity index (χ0v) is 20.3. The molecule has 7 heteroatoms. The van der Waals surface area contributed by atoms with Crippen LogP contribution in [0.25, 0.3) is 0 Å². The van der Waals surface area contributed by atoms with Crippen molar-refractivity contribution in [3.05, 3.63) is 34.9 Å². The van der Waals surface area contributed by atoms with E-state index in [1.54, 1.807) is 0 Å². The number of rotatable bonds is 7. The lowest BCUT2D eigenvalue weighted by molar-refractivity contribution is -0.00848. The predicted octanol–water partition coefficient (Wildman–Crippen LogP) is 3.46. The number of nitrogens with zero attached hydrogens (tertiary/aromatic N) is 2. The highest BCUT2D eigenvalue weighted by molar-refractivity contribution is 14.0. The van der Waals surface area contributed by atoms with Crippen molar-refractivity contribution in [2.75, 3.05) is 52.6 Å². The van der Waals surface area contributed by atoms with Gasteiger partial charge < -0.3 is 24.4 Å². The average Bonchev–Trinajstić information content (AvgIpc) is 3.20. The molecule has 0 bridgehead atoms. The van der Waals surface area contributed by atoms with Gasteiger partial charge >= 0.3 is 0 Å². The second kappa shape index (κ2) is 12.7. The maximum atomic E-state index is 6.08. The number of guanidine groups is 1. The monoisotopic (exact) mass is 517 g/mol. The molecule has 2 unspecified atom stereocenters. The maximum absolute atomic E-state index is 6.08. The molecule has 2 aliphatic rings. The lowest BCUT2D eigenvalue weighted by Crippen LogP contribution is -2.48. The lowest BCUT2D eigenvalue weighted by Gasteiger charge is -2.36. The van der Waals surface area contributed by atoms with E-state index in [4.69, 9.17) is 19.2 Å². The van der Waals surface area contributed by atoms with Gasteiger partial charge in [-0.3, -0.25) is 4.99 Å². The zero-order valence-electron chi connectivity index (χ0n) is 18.0. The molecule has 6 nitrogen and oxygen atoms in total. The number of hydrogen-bond donors (Lipinski definition) is 1. The first kappa shape index (κ1) is 24.4. The van der Waals surface area contributed by atoms with Crippen LogP contribution in [0.4, 0.5) is 0 Å². The van der Waals surface area contributed by atoms with Crippen molar-refractivity contribution < 1.29 is 14.2 Å². The van der Waals surface area contributed by atoms with Gasteiger partial charge in [0.1, 0.15) is 6.10 Å². The van der Waals surface area contributed by atoms with Gasteiger partial charge in [-0.1, -0.05) is 23.8 Å². The Balaban J connectivity index is 0.00000300. The number of nitrogens with one attached hydrogen (secondary N) is 1. The topological polar surface area (TPSA) is 55.3 Å². The third-order valence-corrected chi connectivity index (χ3v) is 5.30. The smallest absolute Gasteiger partial charge is 0.194 e. The van der Waals surface area contributed by atoms with E-state index in [-0.39, 0.29) is 36.2 Å². The van der Waals surface area contributed by atoms with Crippen LogP contribution in [-0.4, -0.2) is 69.6 Å². The highest BCUT2D eigenvalue weighted by Gasteiger charge is 2.25. The summed E-state index contributed by atoms with van der Waals surface area (Å²) in [5, 5.41) is 3.42. The Kier molecular flexibility index (Phi) is 10.7. The van der Waals surface area contributed by atoms with Crippen molar-refractivity contribution in [1.82, 2.24) is 10.2 Å². The van der Waals surface area contributed by atoms with Gasteiger partial charge in [-0.15, -0.1) is 24.0 Å². The largest absolute Gasteiger partial charge is 0.377 e. The fourth-order valence-electron chi connectivity index (χ4n) is 3.85. The minimum Gasteiger partial charge on any atom is -0.377 e. The summed E-state index contributed by atoms with van der Waals surface area (Å²) >= 11 is 0. The molecule has 0 spiro atoms. The van der Waals surface area contributed by atoms with Gasteiger partial charge in [0, 0.05) is 19.7 Å². The summed E-state index contributed by atoms with van der Waals surface area (Å²) in [6.45, 7) is 12.4. The van der Waals surface area contributed by atoms with Crippen LogP contribution in [-0.2, 0) is 14.2 Å². The van der Waals surface area contributed by atoms with Gasteiger partial charge in [0.25, 0.3) is 0 Å². The van der Waals surface area contributed by atoms with Crippen molar-refractivity contribution in [3.63, 3.8) is 0 Å². The van der Waals surface area contributed by atoms with Gasteiger partial charge in [0.05, 0.1) is 39.0 Å². The molecule has 0 aromatic heterocycles. The molecule has 1 aromatic rings. The molecule has 0 amide bonds. The standard InChI is InChI=1S/C22H35N3O3.HI/c1-4-23-22(24-9-12-26-16-19-6-5-11-27-19)25-10-13-28-21(15-25)20-8-7-17(2)14-18(20)3;/h7-8,14,19,21H,4-6,9-13,15-16H2,1-3H3,(H,23,24);1H. The van der Waals surface area contributed by atoms with E-state index in [0.29, 0.717) is 26.4 Å². The van der Waals surface area contributed by atoms with Crippen LogP contribution >= 0.6 is 24.0 Å². The summed E-state index contributed by atoms with van der Waals surface area (Å²) in [4.78, 5) is 7.08. The van der Waals surface area contributed by atoms with Crippen LogP contribution in [0.5, 0.6) is 0 Å². The van der Waals surface area contributed by atoms with Crippen LogP contribution in [0.2, 0.25) is 0 Å². The van der Waals surface area contributed by atoms with Crippen molar-refractivity contribution in [2.45, 2.75) is 45.8 Å². The van der Waals surface area contributed by atoms with E-state index >= 15 is 0 Å². The quantitative estimate of drug-likeness (QED) is 0.260. The molecule has 2 saturated heterocycles. The molecular weight excluding hydrogens is 481 g/mol. The third-order valence-electron chi connectivity index (χ3n) is 5.30. The molecule has 0 aliphatic carbocycles. The highest BCUT2D eigenvalue weighted by atomic mass is 127. The van der Waals surface area contributed by atoms with Gasteiger partial charge in [-0.25, -0.2) is 0 Å². The van der Waals surface area contributed by atoms with E-state index in [2.05, 4.69) is 49.2 Å². The van der Waals surface area contributed by atoms with Crippen molar-refractivity contribution in [3.8, 4) is 0 Å². The van der Waals surface area contributed by atoms with Crippen molar-refractivity contribution in [1.29, 1.82) is 0 Å². The third kappa shape index (κ3) is 7.38.